The summed E-state index contributed by atoms with van der Waals surface area (Å²) >= 11 is 0. The lowest BCUT2D eigenvalue weighted by Crippen LogP contribution is -2.60. The van der Waals surface area contributed by atoms with E-state index in [4.69, 9.17) is 17.2 Å². The first-order chi connectivity index (χ1) is 26.1. The second-order valence-electron chi connectivity index (χ2n) is 12.9. The van der Waals surface area contributed by atoms with Crippen molar-refractivity contribution in [3.8, 4) is 5.75 Å². The predicted molar refractivity (Wildman–Crippen MR) is 193 cm³/mol. The molecule has 0 spiro atoms. The minimum absolute atomic E-state index is 0.0491. The number of amides is 5. The van der Waals surface area contributed by atoms with Crippen LogP contribution in [-0.2, 0) is 49.6 Å². The van der Waals surface area contributed by atoms with E-state index in [-0.39, 0.29) is 37.5 Å². The lowest BCUT2D eigenvalue weighted by molar-refractivity contribution is -0.143. The molecular formula is C33H49N9O14. The maximum absolute atomic E-state index is 13.4. The molecule has 0 saturated carbocycles. The molecule has 0 bridgehead atoms. The molecule has 0 aliphatic rings. The van der Waals surface area contributed by atoms with Crippen molar-refractivity contribution in [3.63, 3.8) is 0 Å². The molecule has 0 heterocycles. The number of aliphatic carboxylic acids is 4. The predicted octanol–water partition coefficient (Wildman–Crippen LogP) is -3.71. The van der Waals surface area contributed by atoms with Crippen molar-refractivity contribution < 1.29 is 68.7 Å². The number of hydrogen-bond acceptors (Lipinski definition) is 12. The van der Waals surface area contributed by atoms with Crippen LogP contribution in [0.1, 0.15) is 57.9 Å². The molecule has 23 heteroatoms. The van der Waals surface area contributed by atoms with Crippen LogP contribution in [-0.4, -0.2) is 128 Å². The van der Waals surface area contributed by atoms with Gasteiger partial charge in [-0.3, -0.25) is 43.3 Å². The van der Waals surface area contributed by atoms with Crippen molar-refractivity contribution in [2.75, 3.05) is 6.54 Å². The molecule has 0 aliphatic heterocycles. The van der Waals surface area contributed by atoms with Gasteiger partial charge < -0.3 is 69.3 Å². The van der Waals surface area contributed by atoms with E-state index in [1.165, 1.54) is 38.1 Å². The van der Waals surface area contributed by atoms with Gasteiger partial charge in [-0.1, -0.05) is 26.0 Å². The smallest absolute Gasteiger partial charge is 0.326 e. The highest BCUT2D eigenvalue weighted by molar-refractivity contribution is 5.98. The molecule has 6 atom stereocenters. The fraction of sp³-hybridized carbons (Fsp3) is 0.515. The number of aromatic hydroxyl groups is 1. The average Bonchev–Trinajstić information content (AvgIpc) is 3.09. The molecule has 310 valence electrons. The van der Waals surface area contributed by atoms with Gasteiger partial charge in [0, 0.05) is 19.4 Å². The Kier molecular flexibility index (Phi) is 19.8. The first-order valence-electron chi connectivity index (χ1n) is 17.1. The maximum Gasteiger partial charge on any atom is 0.326 e. The van der Waals surface area contributed by atoms with Crippen LogP contribution in [0.3, 0.4) is 0 Å². The lowest BCUT2D eigenvalue weighted by atomic mass is 10.0. The summed E-state index contributed by atoms with van der Waals surface area (Å²) in [6.45, 7) is 2.99. The first-order valence-corrected chi connectivity index (χ1v) is 17.1. The summed E-state index contributed by atoms with van der Waals surface area (Å²) in [4.78, 5) is 116. The van der Waals surface area contributed by atoms with Crippen LogP contribution in [0.4, 0.5) is 0 Å². The third-order valence-electron chi connectivity index (χ3n) is 7.85. The van der Waals surface area contributed by atoms with Gasteiger partial charge in [-0.2, -0.15) is 0 Å². The van der Waals surface area contributed by atoms with Gasteiger partial charge >= 0.3 is 23.9 Å². The molecular weight excluding hydrogens is 746 g/mol. The second kappa shape index (κ2) is 23.3. The Hall–Kier alpha value is -6.52. The SMILES string of the molecule is CC(C)[C@H](NC(=O)[C@H](CC(=O)O)NC(=O)[C@H](CCC(=O)O)NC(=O)[C@@H](N)CCCN=C(N)N)C(=O)N[C@@H](CC(=O)O)C(=O)N[C@@H](Cc1ccc(O)cc1)C(=O)O. The summed E-state index contributed by atoms with van der Waals surface area (Å²) in [5.41, 5.74) is 16.8. The second-order valence-corrected chi connectivity index (χ2v) is 12.9. The zero-order valence-electron chi connectivity index (χ0n) is 30.6. The molecule has 1 aromatic carbocycles. The average molecular weight is 796 g/mol. The van der Waals surface area contributed by atoms with Crippen LogP contribution < -0.4 is 43.8 Å². The fourth-order valence-electron chi connectivity index (χ4n) is 4.90. The molecule has 1 rings (SSSR count). The zero-order chi connectivity index (χ0) is 42.7. The quantitative estimate of drug-likeness (QED) is 0.0257. The number of aliphatic imine (C=N–C) groups is 1. The number of nitrogens with zero attached hydrogens (tertiary/aromatic N) is 1. The molecule has 0 saturated heterocycles. The highest BCUT2D eigenvalue weighted by atomic mass is 16.4. The van der Waals surface area contributed by atoms with Gasteiger partial charge in [0.05, 0.1) is 18.9 Å². The van der Waals surface area contributed by atoms with Gasteiger partial charge in [-0.25, -0.2) is 4.79 Å². The largest absolute Gasteiger partial charge is 0.508 e. The monoisotopic (exact) mass is 795 g/mol. The Labute approximate surface area is 319 Å². The van der Waals surface area contributed by atoms with Crippen molar-refractivity contribution in [1.82, 2.24) is 26.6 Å². The fourth-order valence-corrected chi connectivity index (χ4v) is 4.90. The van der Waals surface area contributed by atoms with E-state index in [1.807, 2.05) is 0 Å². The van der Waals surface area contributed by atoms with E-state index in [0.29, 0.717) is 5.56 Å². The summed E-state index contributed by atoms with van der Waals surface area (Å²) in [7, 11) is 0. The molecule has 16 N–H and O–H groups in total. The van der Waals surface area contributed by atoms with Crippen molar-refractivity contribution in [3.05, 3.63) is 29.8 Å². The van der Waals surface area contributed by atoms with Gasteiger partial charge in [0.2, 0.25) is 29.5 Å². The number of rotatable bonds is 25. The van der Waals surface area contributed by atoms with Crippen molar-refractivity contribution in [2.45, 2.75) is 95.0 Å². The number of carbonyl (C=O) groups is 9. The highest BCUT2D eigenvalue weighted by Crippen LogP contribution is 2.12. The van der Waals surface area contributed by atoms with Gasteiger partial charge in [0.25, 0.3) is 0 Å². The number of nitrogens with one attached hydrogen (secondary N) is 5. The van der Waals surface area contributed by atoms with Crippen LogP contribution in [0, 0.1) is 5.92 Å². The van der Waals surface area contributed by atoms with E-state index in [9.17, 15) is 68.7 Å². The summed E-state index contributed by atoms with van der Waals surface area (Å²) in [5, 5.41) is 58.3. The minimum atomic E-state index is -1.92. The summed E-state index contributed by atoms with van der Waals surface area (Å²) in [6, 6.07) is -4.44. The Morgan fingerprint density at radius 3 is 1.61 bits per heavy atom. The van der Waals surface area contributed by atoms with Crippen molar-refractivity contribution in [1.29, 1.82) is 0 Å². The normalized spacial score (nSPS) is 14.0. The van der Waals surface area contributed by atoms with E-state index < -0.39 is 121 Å². The number of benzene rings is 1. The van der Waals surface area contributed by atoms with E-state index in [1.54, 1.807) is 0 Å². The Bertz CT molecular complexity index is 1620. The van der Waals surface area contributed by atoms with Crippen LogP contribution in [0.25, 0.3) is 0 Å². The van der Waals surface area contributed by atoms with Crippen molar-refractivity contribution in [2.24, 2.45) is 28.1 Å². The molecule has 0 radical (unpaired) electrons. The third kappa shape index (κ3) is 18.0. The number of hydrogen-bond donors (Lipinski definition) is 13. The molecule has 0 unspecified atom stereocenters. The van der Waals surface area contributed by atoms with E-state index in [2.05, 4.69) is 31.6 Å². The van der Waals surface area contributed by atoms with Crippen molar-refractivity contribution >= 4 is 59.4 Å². The highest BCUT2D eigenvalue weighted by Gasteiger charge is 2.35. The summed E-state index contributed by atoms with van der Waals surface area (Å²) in [6.07, 6.45) is -3.21. The Balaban J connectivity index is 3.20. The van der Waals surface area contributed by atoms with Crippen LogP contribution in [0.5, 0.6) is 5.75 Å². The number of phenols is 1. The Morgan fingerprint density at radius 1 is 0.643 bits per heavy atom. The van der Waals surface area contributed by atoms with E-state index in [0.717, 1.165) is 0 Å². The summed E-state index contributed by atoms with van der Waals surface area (Å²) in [5.74, 6) is -12.8. The molecule has 56 heavy (non-hydrogen) atoms. The third-order valence-corrected chi connectivity index (χ3v) is 7.85. The first kappa shape index (κ1) is 47.5. The summed E-state index contributed by atoms with van der Waals surface area (Å²) < 4.78 is 0. The molecule has 0 aliphatic carbocycles. The van der Waals surface area contributed by atoms with Gasteiger partial charge in [-0.15, -0.1) is 0 Å². The molecule has 23 nitrogen and oxygen atoms in total. The van der Waals surface area contributed by atoms with E-state index >= 15 is 0 Å². The topological polar surface area (TPSA) is 405 Å². The number of guanidine groups is 1. The van der Waals surface area contributed by atoms with Gasteiger partial charge in [0.1, 0.15) is 36.0 Å². The number of carbonyl (C=O) groups excluding carboxylic acids is 5. The number of carboxylic acid groups (broad SMARTS) is 4. The van der Waals surface area contributed by atoms with Crippen LogP contribution in [0.15, 0.2) is 29.3 Å². The minimum Gasteiger partial charge on any atom is -0.508 e. The standard InChI is InChI=1S/C33H49N9O14/c1-15(2)26(31(54)40-20(13-24(46)47)29(52)41-22(32(55)56)12-16-5-7-17(43)8-6-16)42-30(53)21(14-25(48)49)39-28(51)19(9-10-23(44)45)38-27(50)18(34)4-3-11-37-33(35)36/h5-8,15,18-22,26,43H,3-4,9-14,34H2,1-2H3,(H,38,50)(H,39,51)(H,40,54)(H,41,52)(H,42,53)(H,44,45)(H,46,47)(H,48,49)(H,55,56)(H4,35,36,37)/t18-,19-,20-,21-,22-,26-/m0/s1. The van der Waals surface area contributed by atoms with Crippen LogP contribution in [0.2, 0.25) is 0 Å². The zero-order valence-corrected chi connectivity index (χ0v) is 30.6. The Morgan fingerprint density at radius 2 is 1.12 bits per heavy atom. The van der Waals surface area contributed by atoms with Crippen LogP contribution >= 0.6 is 0 Å². The molecule has 1 aromatic rings. The van der Waals surface area contributed by atoms with Gasteiger partial charge in [0.15, 0.2) is 5.96 Å². The lowest BCUT2D eigenvalue weighted by Gasteiger charge is -2.28. The number of carboxylic acids is 4. The maximum atomic E-state index is 13.4. The molecule has 0 fully saturated rings. The van der Waals surface area contributed by atoms with Gasteiger partial charge in [-0.05, 0) is 42.9 Å². The number of phenolic OH excluding ortho intramolecular Hbond substituents is 1. The number of nitrogens with two attached hydrogens (primary N) is 3. The molecule has 0 aromatic heterocycles. The molecule has 5 amide bonds.